The Labute approximate surface area is 157 Å². The van der Waals surface area contributed by atoms with Crippen molar-refractivity contribution in [2.45, 2.75) is 25.3 Å². The number of pyridine rings is 1. The van der Waals surface area contributed by atoms with E-state index in [0.717, 1.165) is 35.4 Å². The Balaban J connectivity index is 1.33. The minimum absolute atomic E-state index is 0.769. The predicted octanol–water partition coefficient (Wildman–Crippen LogP) is 4.77. The van der Waals surface area contributed by atoms with Crippen molar-refractivity contribution < 1.29 is 0 Å². The summed E-state index contributed by atoms with van der Waals surface area (Å²) >= 11 is 1.66. The first-order chi connectivity index (χ1) is 12.7. The Hall–Kier alpha value is -2.24. The predicted molar refractivity (Wildman–Crippen MR) is 108 cm³/mol. The molecule has 2 atom stereocenters. The summed E-state index contributed by atoms with van der Waals surface area (Å²) in [4.78, 5) is 12.5. The maximum Gasteiger partial charge on any atom is 0.130 e. The Morgan fingerprint density at radius 1 is 1.23 bits per heavy atom. The maximum atomic E-state index is 4.56. The van der Waals surface area contributed by atoms with Gasteiger partial charge in [0.2, 0.25) is 0 Å². The molecule has 4 nitrogen and oxygen atoms in total. The number of piperidine rings is 1. The van der Waals surface area contributed by atoms with Crippen LogP contribution in [-0.4, -0.2) is 34.0 Å². The van der Waals surface area contributed by atoms with Crippen LogP contribution in [0, 0.1) is 5.92 Å². The minimum Gasteiger partial charge on any atom is -0.343 e. The highest BCUT2D eigenvalue weighted by atomic mass is 32.1. The average molecular weight is 363 g/mol. The molecule has 0 radical (unpaired) electrons. The molecule has 2 bridgehead atoms. The number of likely N-dealkylation sites (tertiary alicyclic amines) is 1. The van der Waals surface area contributed by atoms with Crippen LogP contribution in [0.15, 0.2) is 54.4 Å². The molecular formula is C21H22N4S. The molecular weight excluding hydrogens is 340 g/mol. The molecule has 3 heterocycles. The quantitative estimate of drug-likeness (QED) is 0.710. The third kappa shape index (κ3) is 3.02. The van der Waals surface area contributed by atoms with E-state index in [9.17, 15) is 0 Å². The first-order valence-corrected chi connectivity index (χ1v) is 10.1. The zero-order chi connectivity index (χ0) is 17.5. The van der Waals surface area contributed by atoms with Gasteiger partial charge < -0.3 is 5.32 Å². The van der Waals surface area contributed by atoms with Crippen molar-refractivity contribution in [2.24, 2.45) is 5.92 Å². The summed E-state index contributed by atoms with van der Waals surface area (Å²) in [5, 5.41) is 5.74. The van der Waals surface area contributed by atoms with Gasteiger partial charge in [-0.25, -0.2) is 4.98 Å². The first kappa shape index (κ1) is 16.0. The van der Waals surface area contributed by atoms with Crippen molar-refractivity contribution in [3.8, 4) is 10.4 Å². The number of nitrogens with zero attached hydrogens (tertiary/aromatic N) is 3. The van der Waals surface area contributed by atoms with Gasteiger partial charge in [-0.2, -0.15) is 0 Å². The lowest BCUT2D eigenvalue weighted by atomic mass is 10.1. The van der Waals surface area contributed by atoms with Crippen LogP contribution in [0.5, 0.6) is 0 Å². The largest absolute Gasteiger partial charge is 0.343 e. The summed E-state index contributed by atoms with van der Waals surface area (Å²) in [5.41, 5.74) is 4.10. The number of thiazole rings is 1. The van der Waals surface area contributed by atoms with Gasteiger partial charge in [0.1, 0.15) is 5.82 Å². The third-order valence-electron chi connectivity index (χ3n) is 5.66. The van der Waals surface area contributed by atoms with Crippen molar-refractivity contribution >= 4 is 27.9 Å². The third-order valence-corrected chi connectivity index (χ3v) is 6.48. The van der Waals surface area contributed by atoms with Crippen molar-refractivity contribution in [2.75, 3.05) is 18.4 Å². The molecule has 1 N–H and O–H groups in total. The fourth-order valence-electron chi connectivity index (χ4n) is 4.41. The number of hydrogen-bond donors (Lipinski definition) is 1. The Kier molecular flexibility index (Phi) is 3.98. The van der Waals surface area contributed by atoms with E-state index in [-0.39, 0.29) is 0 Å². The van der Waals surface area contributed by atoms with Crippen LogP contribution >= 0.6 is 11.3 Å². The highest BCUT2D eigenvalue weighted by Gasteiger charge is 2.37. The normalized spacial score (nSPS) is 22.2. The van der Waals surface area contributed by atoms with Gasteiger partial charge in [-0.3, -0.25) is 9.88 Å². The monoisotopic (exact) mass is 362 g/mol. The van der Waals surface area contributed by atoms with Gasteiger partial charge in [-0.05, 0) is 48.3 Å². The number of fused-ring (bicyclic) bond motifs is 3. The maximum absolute atomic E-state index is 4.56. The zero-order valence-electron chi connectivity index (χ0n) is 14.7. The van der Waals surface area contributed by atoms with Crippen LogP contribution in [0.2, 0.25) is 0 Å². The van der Waals surface area contributed by atoms with E-state index in [2.05, 4.69) is 51.0 Å². The van der Waals surface area contributed by atoms with Gasteiger partial charge in [0, 0.05) is 42.6 Å². The molecule has 3 aromatic rings. The molecule has 5 rings (SSSR count). The number of aromatic nitrogens is 2. The van der Waals surface area contributed by atoms with E-state index in [1.165, 1.54) is 41.6 Å². The molecule has 1 saturated heterocycles. The van der Waals surface area contributed by atoms with Gasteiger partial charge in [-0.1, -0.05) is 18.7 Å². The lowest BCUT2D eigenvalue weighted by Crippen LogP contribution is -2.34. The number of nitrogens with one attached hydrogen (secondary N) is 1. The summed E-state index contributed by atoms with van der Waals surface area (Å²) in [6.45, 7) is 6.39. The van der Waals surface area contributed by atoms with Gasteiger partial charge >= 0.3 is 0 Å². The number of anilines is 1. The van der Waals surface area contributed by atoms with Crippen molar-refractivity contribution in [3.05, 3.63) is 54.4 Å². The van der Waals surface area contributed by atoms with Gasteiger partial charge in [0.05, 0.1) is 10.4 Å². The molecule has 1 aromatic carbocycles. The molecule has 2 aliphatic rings. The second-order valence-electron chi connectivity index (χ2n) is 7.49. The van der Waals surface area contributed by atoms with E-state index in [1.807, 2.05) is 17.9 Å². The van der Waals surface area contributed by atoms with E-state index in [0.29, 0.717) is 0 Å². The number of benzene rings is 1. The number of rotatable bonds is 5. The van der Waals surface area contributed by atoms with E-state index < -0.39 is 0 Å². The topological polar surface area (TPSA) is 41.0 Å². The molecule has 132 valence electrons. The Morgan fingerprint density at radius 2 is 2.19 bits per heavy atom. The molecule has 2 aromatic heterocycles. The van der Waals surface area contributed by atoms with Gasteiger partial charge in [0.25, 0.3) is 0 Å². The van der Waals surface area contributed by atoms with Crippen LogP contribution in [0.3, 0.4) is 0 Å². The summed E-state index contributed by atoms with van der Waals surface area (Å²) in [5.74, 6) is 1.78. The first-order valence-electron chi connectivity index (χ1n) is 9.22. The van der Waals surface area contributed by atoms with Crippen LogP contribution in [0.4, 0.5) is 5.82 Å². The molecule has 1 aliphatic heterocycles. The molecule has 1 saturated carbocycles. The molecule has 2 fully saturated rings. The lowest BCUT2D eigenvalue weighted by molar-refractivity contribution is 0.232. The van der Waals surface area contributed by atoms with E-state index in [4.69, 9.17) is 0 Å². The zero-order valence-corrected chi connectivity index (χ0v) is 15.5. The van der Waals surface area contributed by atoms with Gasteiger partial charge in [0.15, 0.2) is 0 Å². The second-order valence-corrected chi connectivity index (χ2v) is 8.37. The fourth-order valence-corrected chi connectivity index (χ4v) is 5.03. The Bertz CT molecular complexity index is 950. The van der Waals surface area contributed by atoms with Crippen LogP contribution < -0.4 is 5.32 Å². The molecule has 0 amide bonds. The van der Waals surface area contributed by atoms with E-state index >= 15 is 0 Å². The fraction of sp³-hybridized carbons (Fsp3) is 0.333. The van der Waals surface area contributed by atoms with Crippen molar-refractivity contribution in [3.63, 3.8) is 0 Å². The molecule has 2 unspecified atom stereocenters. The van der Waals surface area contributed by atoms with Crippen LogP contribution in [-0.2, 0) is 0 Å². The van der Waals surface area contributed by atoms with Crippen LogP contribution in [0.25, 0.3) is 21.2 Å². The summed E-state index contributed by atoms with van der Waals surface area (Å²) in [6.07, 6.45) is 7.99. The lowest BCUT2D eigenvalue weighted by Gasteiger charge is -2.27. The highest BCUT2D eigenvalue weighted by molar-refractivity contribution is 7.13. The van der Waals surface area contributed by atoms with Crippen LogP contribution in [0.1, 0.15) is 19.3 Å². The number of hydrogen-bond acceptors (Lipinski definition) is 5. The molecule has 5 heteroatoms. The Morgan fingerprint density at radius 3 is 2.96 bits per heavy atom. The minimum atomic E-state index is 0.769. The average Bonchev–Trinajstić information content (AvgIpc) is 3.39. The van der Waals surface area contributed by atoms with Gasteiger partial charge in [-0.15, -0.1) is 11.3 Å². The van der Waals surface area contributed by atoms with Crippen molar-refractivity contribution in [1.29, 1.82) is 0 Å². The smallest absolute Gasteiger partial charge is 0.130 e. The SMILES string of the molecule is C=C(CN1CC2CCC1C2)Nc1cc2cc(-c3cncs3)ccc2cn1. The second kappa shape index (κ2) is 6.49. The molecule has 0 spiro atoms. The molecule has 26 heavy (non-hydrogen) atoms. The molecule has 1 aliphatic carbocycles. The summed E-state index contributed by atoms with van der Waals surface area (Å²) in [6, 6.07) is 9.34. The summed E-state index contributed by atoms with van der Waals surface area (Å²) in [7, 11) is 0. The van der Waals surface area contributed by atoms with Crippen molar-refractivity contribution in [1.82, 2.24) is 14.9 Å². The standard InChI is InChI=1S/C21H22N4S/c1-14(11-25-12-15-2-5-19(25)6-15)24-21-8-18-7-16(20-10-22-13-26-20)3-4-17(18)9-23-21/h3-4,7-10,13,15,19H,1-2,5-6,11-12H2,(H,23,24). The summed E-state index contributed by atoms with van der Waals surface area (Å²) < 4.78 is 0. The van der Waals surface area contributed by atoms with E-state index in [1.54, 1.807) is 11.3 Å². The highest BCUT2D eigenvalue weighted by Crippen LogP contribution is 2.37.